The number of benzene rings is 1. The van der Waals surface area contributed by atoms with Gasteiger partial charge in [-0.25, -0.2) is 4.79 Å². The van der Waals surface area contributed by atoms with Gasteiger partial charge in [0.2, 0.25) is 5.91 Å². The third kappa shape index (κ3) is 2.51. The lowest BCUT2D eigenvalue weighted by Gasteiger charge is -2.18. The third-order valence-electron chi connectivity index (χ3n) is 3.09. The van der Waals surface area contributed by atoms with Gasteiger partial charge < -0.3 is 4.74 Å². The molecule has 0 bridgehead atoms. The fraction of sp³-hybridized carbons (Fsp3) is 0.286. The van der Waals surface area contributed by atoms with E-state index in [1.54, 1.807) is 23.6 Å². The summed E-state index contributed by atoms with van der Waals surface area (Å²) in [5.41, 5.74) is 1.87. The molecule has 0 aliphatic carbocycles. The van der Waals surface area contributed by atoms with Gasteiger partial charge in [0.05, 0.1) is 19.1 Å². The van der Waals surface area contributed by atoms with Gasteiger partial charge in [0, 0.05) is 16.3 Å². The van der Waals surface area contributed by atoms with Gasteiger partial charge in [-0.2, -0.15) is 0 Å². The van der Waals surface area contributed by atoms with Crippen LogP contribution in [-0.4, -0.2) is 25.2 Å². The summed E-state index contributed by atoms with van der Waals surface area (Å²) in [5.74, 6) is -0.537. The minimum Gasteiger partial charge on any atom is -0.466 e. The number of esters is 1. The topological polar surface area (TPSA) is 46.6 Å². The Morgan fingerprint density at radius 3 is 2.79 bits per heavy atom. The van der Waals surface area contributed by atoms with Crippen molar-refractivity contribution >= 4 is 29.3 Å². The molecule has 1 aliphatic heterocycles. The normalized spacial score (nSPS) is 15.1. The van der Waals surface area contributed by atoms with E-state index in [4.69, 9.17) is 4.74 Å². The Bertz CT molecular complexity index is 566. The van der Waals surface area contributed by atoms with Crippen molar-refractivity contribution in [3.63, 3.8) is 0 Å². The van der Waals surface area contributed by atoms with E-state index in [0.29, 0.717) is 11.3 Å². The minimum atomic E-state index is -0.436. The van der Waals surface area contributed by atoms with Crippen molar-refractivity contribution in [1.29, 1.82) is 0 Å². The van der Waals surface area contributed by atoms with Crippen LogP contribution in [0.1, 0.15) is 13.3 Å². The third-order valence-corrected chi connectivity index (χ3v) is 3.82. The van der Waals surface area contributed by atoms with Gasteiger partial charge in [-0.05, 0) is 31.4 Å². The van der Waals surface area contributed by atoms with Crippen LogP contribution in [-0.2, 0) is 14.3 Å². The highest BCUT2D eigenvalue weighted by Gasteiger charge is 2.32. The fourth-order valence-electron chi connectivity index (χ4n) is 2.11. The molecule has 1 aromatic carbocycles. The van der Waals surface area contributed by atoms with Crippen LogP contribution in [0, 0.1) is 0 Å². The zero-order valence-corrected chi connectivity index (χ0v) is 11.9. The molecule has 2 rings (SSSR count). The Labute approximate surface area is 116 Å². The predicted molar refractivity (Wildman–Crippen MR) is 75.0 cm³/mol. The molecule has 0 fully saturated rings. The summed E-state index contributed by atoms with van der Waals surface area (Å²) in [6, 6.07) is 7.68. The molecular weight excluding hydrogens is 262 g/mol. The van der Waals surface area contributed by atoms with Crippen LogP contribution in [0.3, 0.4) is 0 Å². The predicted octanol–water partition coefficient (Wildman–Crippen LogP) is 2.59. The Morgan fingerprint density at radius 1 is 1.42 bits per heavy atom. The molecular formula is C14H15NO3S. The number of rotatable bonds is 3. The lowest BCUT2D eigenvalue weighted by Crippen LogP contribution is -2.23. The zero-order valence-electron chi connectivity index (χ0n) is 11.1. The average Bonchev–Trinajstić information content (AvgIpc) is 2.73. The van der Waals surface area contributed by atoms with E-state index in [1.807, 2.05) is 30.5 Å². The lowest BCUT2D eigenvalue weighted by atomic mass is 10.2. The smallest absolute Gasteiger partial charge is 0.336 e. The molecule has 0 unspecified atom stereocenters. The first-order chi connectivity index (χ1) is 9.08. The van der Waals surface area contributed by atoms with Crippen molar-refractivity contribution in [3.8, 4) is 0 Å². The molecule has 1 heterocycles. The van der Waals surface area contributed by atoms with Crippen LogP contribution >= 0.6 is 11.8 Å². The van der Waals surface area contributed by atoms with Gasteiger partial charge >= 0.3 is 5.97 Å². The van der Waals surface area contributed by atoms with E-state index < -0.39 is 5.97 Å². The molecule has 5 heteroatoms. The lowest BCUT2D eigenvalue weighted by molar-refractivity contribution is -0.136. The quantitative estimate of drug-likeness (QED) is 0.629. The van der Waals surface area contributed by atoms with Crippen LogP contribution in [0.15, 0.2) is 40.4 Å². The Morgan fingerprint density at radius 2 is 2.16 bits per heavy atom. The van der Waals surface area contributed by atoms with Gasteiger partial charge in [-0.3, -0.25) is 9.69 Å². The second-order valence-corrected chi connectivity index (χ2v) is 5.04. The molecule has 0 saturated heterocycles. The highest BCUT2D eigenvalue weighted by Crippen LogP contribution is 2.32. The molecule has 100 valence electrons. The van der Waals surface area contributed by atoms with E-state index in [1.165, 1.54) is 7.11 Å². The molecule has 4 nitrogen and oxygen atoms in total. The molecule has 19 heavy (non-hydrogen) atoms. The molecule has 0 N–H and O–H groups in total. The first kappa shape index (κ1) is 13.7. The van der Waals surface area contributed by atoms with Gasteiger partial charge in [0.1, 0.15) is 0 Å². The Balaban J connectivity index is 2.41. The molecule has 1 aliphatic rings. The molecule has 0 radical (unpaired) electrons. The van der Waals surface area contributed by atoms with Crippen molar-refractivity contribution < 1.29 is 14.3 Å². The van der Waals surface area contributed by atoms with Crippen molar-refractivity contribution in [1.82, 2.24) is 0 Å². The van der Waals surface area contributed by atoms with Crippen LogP contribution in [0.25, 0.3) is 0 Å². The number of nitrogens with zero attached hydrogens (tertiary/aromatic N) is 1. The van der Waals surface area contributed by atoms with E-state index in [9.17, 15) is 9.59 Å². The summed E-state index contributed by atoms with van der Waals surface area (Å²) in [5, 5.41) is 0. The number of allylic oxidation sites excluding steroid dienone is 1. The molecule has 0 spiro atoms. The van der Waals surface area contributed by atoms with Gasteiger partial charge in [0.15, 0.2) is 0 Å². The summed E-state index contributed by atoms with van der Waals surface area (Å²) in [6.07, 6.45) is 2.08. The number of hydrogen-bond donors (Lipinski definition) is 0. The van der Waals surface area contributed by atoms with Crippen molar-refractivity contribution in [2.75, 3.05) is 18.3 Å². The van der Waals surface area contributed by atoms with E-state index in [-0.39, 0.29) is 12.3 Å². The molecule has 0 saturated carbocycles. The number of methoxy groups -OCH3 is 1. The number of hydrogen-bond acceptors (Lipinski definition) is 4. The summed E-state index contributed by atoms with van der Waals surface area (Å²) in [6.45, 7) is 1.77. The Kier molecular flexibility index (Phi) is 3.95. The van der Waals surface area contributed by atoms with Crippen molar-refractivity contribution in [2.45, 2.75) is 18.2 Å². The number of amides is 1. The standard InChI is InChI=1S/C14H15NO3S/c1-9-12(14(17)18-2)8-13(16)15(9)10-5-4-6-11(7-10)19-3/h4-7H,8H2,1-3H3. The number of carbonyl (C=O) groups excluding carboxylic acids is 2. The maximum absolute atomic E-state index is 12.1. The maximum Gasteiger partial charge on any atom is 0.336 e. The first-order valence-electron chi connectivity index (χ1n) is 5.83. The number of thioether (sulfide) groups is 1. The highest BCUT2D eigenvalue weighted by molar-refractivity contribution is 7.98. The monoisotopic (exact) mass is 277 g/mol. The van der Waals surface area contributed by atoms with Crippen molar-refractivity contribution in [3.05, 3.63) is 35.5 Å². The zero-order chi connectivity index (χ0) is 14.0. The number of ether oxygens (including phenoxy) is 1. The van der Waals surface area contributed by atoms with Gasteiger partial charge in [-0.15, -0.1) is 11.8 Å². The van der Waals surface area contributed by atoms with Crippen LogP contribution in [0.4, 0.5) is 5.69 Å². The second-order valence-electron chi connectivity index (χ2n) is 4.16. The summed E-state index contributed by atoms with van der Waals surface area (Å²) >= 11 is 1.61. The first-order valence-corrected chi connectivity index (χ1v) is 7.06. The number of anilines is 1. The second kappa shape index (κ2) is 5.48. The summed E-state index contributed by atoms with van der Waals surface area (Å²) in [7, 11) is 1.32. The highest BCUT2D eigenvalue weighted by atomic mass is 32.2. The number of carbonyl (C=O) groups is 2. The average molecular weight is 277 g/mol. The van der Waals surface area contributed by atoms with Crippen molar-refractivity contribution in [2.24, 2.45) is 0 Å². The molecule has 0 atom stereocenters. The summed E-state index contributed by atoms with van der Waals surface area (Å²) in [4.78, 5) is 26.3. The van der Waals surface area contributed by atoms with Gasteiger partial charge in [0.25, 0.3) is 0 Å². The van der Waals surface area contributed by atoms with Crippen LogP contribution in [0.5, 0.6) is 0 Å². The Hall–Kier alpha value is -1.75. The fourth-order valence-corrected chi connectivity index (χ4v) is 2.56. The summed E-state index contributed by atoms with van der Waals surface area (Å²) < 4.78 is 4.70. The maximum atomic E-state index is 12.1. The minimum absolute atomic E-state index is 0.0992. The molecule has 0 aromatic heterocycles. The molecule has 1 aromatic rings. The van der Waals surface area contributed by atoms with E-state index in [0.717, 1.165) is 10.6 Å². The largest absolute Gasteiger partial charge is 0.466 e. The van der Waals surface area contributed by atoms with E-state index >= 15 is 0 Å². The van der Waals surface area contributed by atoms with Crippen LogP contribution in [0.2, 0.25) is 0 Å². The van der Waals surface area contributed by atoms with Gasteiger partial charge in [-0.1, -0.05) is 6.07 Å². The molecule has 1 amide bonds. The van der Waals surface area contributed by atoms with Crippen LogP contribution < -0.4 is 4.90 Å². The SMILES string of the molecule is COC(=O)C1=C(C)N(c2cccc(SC)c2)C(=O)C1. The van der Waals surface area contributed by atoms with E-state index in [2.05, 4.69) is 0 Å².